The molecule has 1 heterocycles. The van der Waals surface area contributed by atoms with Gasteiger partial charge in [-0.15, -0.1) is 0 Å². The smallest absolute Gasteiger partial charge is 0.219 e. The predicted octanol–water partition coefficient (Wildman–Crippen LogP) is 2.91. The molecule has 1 aliphatic heterocycles. The lowest BCUT2D eigenvalue weighted by Crippen LogP contribution is -2.29. The summed E-state index contributed by atoms with van der Waals surface area (Å²) in [7, 11) is 0. The van der Waals surface area contributed by atoms with Crippen molar-refractivity contribution in [2.75, 3.05) is 26.2 Å². The maximum atomic E-state index is 10.6. The minimum atomic E-state index is 0. The van der Waals surface area contributed by atoms with E-state index in [-0.39, 0.29) is 7.33 Å². The van der Waals surface area contributed by atoms with Gasteiger partial charge in [0.15, 0.2) is 0 Å². The summed E-state index contributed by atoms with van der Waals surface area (Å²) in [5, 5.41) is 2.79. The molecule has 1 fully saturated rings. The molecule has 1 aliphatic rings. The molecule has 3 nitrogen and oxygen atoms in total. The molecule has 0 saturated carbocycles. The summed E-state index contributed by atoms with van der Waals surface area (Å²) in [5.74, 6) is 0.698. The minimum Gasteiger partial charge on any atom is -0.356 e. The maximum Gasteiger partial charge on any atom is 0.219 e. The first-order valence-corrected chi connectivity index (χ1v) is 7.09. The van der Waals surface area contributed by atoms with E-state index in [4.69, 9.17) is 0 Å². The van der Waals surface area contributed by atoms with Crippen molar-refractivity contribution in [1.82, 2.24) is 10.2 Å². The molecule has 3 heteroatoms. The average molecular weight is 244 g/mol. The van der Waals surface area contributed by atoms with Crippen molar-refractivity contribution < 1.29 is 6.22 Å². The van der Waals surface area contributed by atoms with Crippen molar-refractivity contribution in [3.8, 4) is 0 Å². The monoisotopic (exact) mass is 244 g/mol. The molecule has 0 aromatic rings. The summed E-state index contributed by atoms with van der Waals surface area (Å²) in [5.41, 5.74) is 0. The van der Waals surface area contributed by atoms with Crippen LogP contribution in [0.25, 0.3) is 0 Å². The van der Waals surface area contributed by atoms with Crippen LogP contribution in [0.5, 0.6) is 0 Å². The molecule has 0 unspecified atom stereocenters. The first-order chi connectivity index (χ1) is 8.10. The van der Waals surface area contributed by atoms with E-state index in [0.717, 1.165) is 6.54 Å². The third-order valence-electron chi connectivity index (χ3n) is 2.92. The Bertz CT molecular complexity index is 192. The number of nitrogens with one attached hydrogen (secondary N) is 1. The summed E-state index contributed by atoms with van der Waals surface area (Å²) in [6.07, 6.45) is 4.89. The van der Waals surface area contributed by atoms with Gasteiger partial charge in [-0.3, -0.25) is 4.79 Å². The lowest BCUT2D eigenvalue weighted by atomic mass is 10.1. The largest absolute Gasteiger partial charge is 0.356 e. The second-order valence-corrected chi connectivity index (χ2v) is 5.05. The number of hydrogen-bond acceptors (Lipinski definition) is 2. The second kappa shape index (κ2) is 10.6. The molecule has 0 spiro atoms. The molecular formula is C14H32N2O. The molecule has 104 valence electrons. The van der Waals surface area contributed by atoms with Gasteiger partial charge in [0.2, 0.25) is 5.91 Å². The molecule has 0 aliphatic carbocycles. The van der Waals surface area contributed by atoms with E-state index in [9.17, 15) is 4.79 Å². The quantitative estimate of drug-likeness (QED) is 0.824. The Morgan fingerprint density at radius 1 is 1.24 bits per heavy atom. The fraction of sp³-hybridized carbons (Fsp3) is 0.929. The Hall–Kier alpha value is -0.570. The van der Waals surface area contributed by atoms with Gasteiger partial charge >= 0.3 is 0 Å². The highest BCUT2D eigenvalue weighted by Crippen LogP contribution is 2.06. The topological polar surface area (TPSA) is 32.3 Å². The summed E-state index contributed by atoms with van der Waals surface area (Å²) in [4.78, 5) is 13.1. The van der Waals surface area contributed by atoms with Gasteiger partial charge in [0.05, 0.1) is 0 Å². The van der Waals surface area contributed by atoms with E-state index < -0.39 is 0 Å². The molecule has 0 radical (unpaired) electrons. The highest BCUT2D eigenvalue weighted by Gasteiger charge is 2.05. The van der Waals surface area contributed by atoms with Gasteiger partial charge in [-0.25, -0.2) is 0 Å². The Balaban J connectivity index is 0. The van der Waals surface area contributed by atoms with Crippen LogP contribution < -0.4 is 5.32 Å². The predicted molar refractivity (Wildman–Crippen MR) is 76.2 cm³/mol. The number of nitrogens with zero attached hydrogens (tertiary/aromatic N) is 1. The van der Waals surface area contributed by atoms with Gasteiger partial charge in [0.25, 0.3) is 0 Å². The fourth-order valence-corrected chi connectivity index (χ4v) is 1.72. The normalized spacial score (nSPS) is 16.3. The van der Waals surface area contributed by atoms with Gasteiger partial charge in [-0.05, 0) is 38.4 Å². The Labute approximate surface area is 108 Å². The number of likely N-dealkylation sites (tertiary alicyclic amines) is 1. The van der Waals surface area contributed by atoms with E-state index in [0.29, 0.717) is 12.3 Å². The summed E-state index contributed by atoms with van der Waals surface area (Å²) >= 11 is 0. The maximum absolute atomic E-state index is 10.6. The van der Waals surface area contributed by atoms with E-state index in [1.54, 1.807) is 0 Å². The van der Waals surface area contributed by atoms with Gasteiger partial charge in [0.1, 0.15) is 0 Å². The molecule has 17 heavy (non-hydrogen) atoms. The van der Waals surface area contributed by atoms with Crippen LogP contribution in [0.15, 0.2) is 0 Å². The van der Waals surface area contributed by atoms with Crippen molar-refractivity contribution in [3.05, 3.63) is 0 Å². The molecule has 0 atom stereocenters. The SMILES string of the molecule is CCC(=O)NCC(C)C.CCN1CCCCC1.[HH]. The third kappa shape index (κ3) is 10.3. The molecule has 0 aromatic heterocycles. The van der Waals surface area contributed by atoms with Gasteiger partial charge in [-0.2, -0.15) is 0 Å². The number of carbonyl (C=O) groups excluding carboxylic acids is 1. The average Bonchev–Trinajstić information content (AvgIpc) is 2.37. The zero-order valence-electron chi connectivity index (χ0n) is 12.1. The van der Waals surface area contributed by atoms with Crippen molar-refractivity contribution >= 4 is 5.91 Å². The van der Waals surface area contributed by atoms with Crippen LogP contribution in [-0.4, -0.2) is 37.0 Å². The minimum absolute atomic E-state index is 0. The molecular weight excluding hydrogens is 212 g/mol. The Morgan fingerprint density at radius 3 is 2.18 bits per heavy atom. The van der Waals surface area contributed by atoms with Crippen LogP contribution in [0.3, 0.4) is 0 Å². The summed E-state index contributed by atoms with van der Waals surface area (Å²) < 4.78 is 0. The highest BCUT2D eigenvalue weighted by molar-refractivity contribution is 5.75. The molecule has 1 N–H and O–H groups in total. The van der Waals surface area contributed by atoms with Crippen molar-refractivity contribution in [1.29, 1.82) is 0 Å². The van der Waals surface area contributed by atoms with E-state index in [2.05, 4.69) is 31.0 Å². The zero-order chi connectivity index (χ0) is 13.1. The number of amides is 1. The first kappa shape index (κ1) is 16.4. The van der Waals surface area contributed by atoms with E-state index in [1.807, 2.05) is 6.92 Å². The number of hydrogen-bond donors (Lipinski definition) is 1. The van der Waals surface area contributed by atoms with Crippen LogP contribution in [0, 0.1) is 5.92 Å². The number of rotatable bonds is 4. The van der Waals surface area contributed by atoms with Crippen LogP contribution in [0.2, 0.25) is 0 Å². The van der Waals surface area contributed by atoms with Crippen molar-refractivity contribution in [2.24, 2.45) is 5.92 Å². The summed E-state index contributed by atoms with van der Waals surface area (Å²) in [6, 6.07) is 0. The molecule has 0 bridgehead atoms. The molecule has 1 saturated heterocycles. The lowest BCUT2D eigenvalue weighted by Gasteiger charge is -2.24. The van der Waals surface area contributed by atoms with Crippen LogP contribution >= 0.6 is 0 Å². The van der Waals surface area contributed by atoms with Crippen molar-refractivity contribution in [2.45, 2.75) is 53.4 Å². The van der Waals surface area contributed by atoms with E-state index in [1.165, 1.54) is 38.9 Å². The third-order valence-corrected chi connectivity index (χ3v) is 2.92. The first-order valence-electron chi connectivity index (χ1n) is 7.09. The number of piperidine rings is 1. The fourth-order valence-electron chi connectivity index (χ4n) is 1.72. The molecule has 1 amide bonds. The van der Waals surface area contributed by atoms with E-state index >= 15 is 0 Å². The Kier molecular flexibility index (Phi) is 10.2. The van der Waals surface area contributed by atoms with Crippen molar-refractivity contribution in [3.63, 3.8) is 0 Å². The van der Waals surface area contributed by atoms with Crippen LogP contribution in [-0.2, 0) is 4.79 Å². The standard InChI is InChI=1S/C7H15NO.C7H15N.H2/c1-4-7(9)8-5-6(2)3;1-2-8-6-4-3-5-7-8;/h6H,4-5H2,1-3H3,(H,8,9);2-7H2,1H3;1H. The second-order valence-electron chi connectivity index (χ2n) is 5.05. The van der Waals surface area contributed by atoms with Crippen LogP contribution in [0.1, 0.15) is 54.8 Å². The summed E-state index contributed by atoms with van der Waals surface area (Å²) in [6.45, 7) is 13.0. The molecule has 1 rings (SSSR count). The Morgan fingerprint density at radius 2 is 1.82 bits per heavy atom. The highest BCUT2D eigenvalue weighted by atomic mass is 16.1. The van der Waals surface area contributed by atoms with Gasteiger partial charge < -0.3 is 10.2 Å². The number of carbonyl (C=O) groups is 1. The van der Waals surface area contributed by atoms with Gasteiger partial charge in [0, 0.05) is 14.4 Å². The zero-order valence-corrected chi connectivity index (χ0v) is 12.1. The van der Waals surface area contributed by atoms with Gasteiger partial charge in [-0.1, -0.05) is 34.1 Å². The lowest BCUT2D eigenvalue weighted by molar-refractivity contribution is -0.120. The molecule has 0 aromatic carbocycles. The van der Waals surface area contributed by atoms with Crippen LogP contribution in [0.4, 0.5) is 0 Å².